The molecule has 1 N–H and O–H groups in total. The number of sulfonamides is 1. The van der Waals surface area contributed by atoms with Crippen LogP contribution < -0.4 is 14.4 Å². The quantitative estimate of drug-likeness (QED) is 0.266. The molecule has 0 saturated heterocycles. The number of para-hydroxylation sites is 2. The van der Waals surface area contributed by atoms with Crippen LogP contribution in [0.25, 0.3) is 0 Å². The van der Waals surface area contributed by atoms with Crippen molar-refractivity contribution < 1.29 is 22.7 Å². The molecule has 0 radical (unpaired) electrons. The van der Waals surface area contributed by atoms with E-state index in [0.29, 0.717) is 21.4 Å². The number of nitrogens with zero attached hydrogens (tertiary/aromatic N) is 2. The molecule has 1 aliphatic rings. The minimum absolute atomic E-state index is 0.00877. The van der Waals surface area contributed by atoms with Gasteiger partial charge in [0.15, 0.2) is 0 Å². The van der Waals surface area contributed by atoms with Gasteiger partial charge in [-0.25, -0.2) is 8.42 Å². The Morgan fingerprint density at radius 2 is 1.60 bits per heavy atom. The van der Waals surface area contributed by atoms with Crippen molar-refractivity contribution >= 4 is 50.7 Å². The maximum atomic E-state index is 14.3. The number of halogens is 2. The first-order valence-corrected chi connectivity index (χ1v) is 16.9. The molecule has 1 saturated carbocycles. The molecular weight excluding hydrogens is 609 g/mol. The minimum atomic E-state index is -3.93. The number of carbonyl (C=O) groups is 2. The average Bonchev–Trinajstić information content (AvgIpc) is 2.99. The maximum absolute atomic E-state index is 14.3. The number of rotatable bonds is 12. The van der Waals surface area contributed by atoms with Gasteiger partial charge in [0.05, 0.1) is 29.1 Å². The second-order valence-corrected chi connectivity index (χ2v) is 13.5. The average molecular weight is 647 g/mol. The highest BCUT2D eigenvalue weighted by Gasteiger charge is 2.34. The minimum Gasteiger partial charge on any atom is -0.495 e. The molecular formula is C32H37Cl2N3O5S. The molecule has 0 aromatic heterocycles. The molecule has 0 bridgehead atoms. The highest BCUT2D eigenvalue weighted by atomic mass is 35.5. The van der Waals surface area contributed by atoms with E-state index in [1.165, 1.54) is 12.0 Å². The molecule has 2 amide bonds. The number of hydrogen-bond donors (Lipinski definition) is 1. The fourth-order valence-electron chi connectivity index (χ4n) is 5.36. The summed E-state index contributed by atoms with van der Waals surface area (Å²) in [7, 11) is -2.49. The summed E-state index contributed by atoms with van der Waals surface area (Å²) >= 11 is 12.5. The van der Waals surface area contributed by atoms with E-state index in [4.69, 9.17) is 27.9 Å². The second kappa shape index (κ2) is 14.9. The smallest absolute Gasteiger partial charge is 0.244 e. The number of carbonyl (C=O) groups excluding carboxylic acids is 2. The van der Waals surface area contributed by atoms with Gasteiger partial charge in [0, 0.05) is 19.0 Å². The van der Waals surface area contributed by atoms with E-state index in [9.17, 15) is 18.0 Å². The van der Waals surface area contributed by atoms with Gasteiger partial charge in [0.25, 0.3) is 0 Å². The van der Waals surface area contributed by atoms with Crippen molar-refractivity contribution in [2.75, 3.05) is 24.2 Å². The number of methoxy groups -OCH3 is 1. The van der Waals surface area contributed by atoms with Crippen molar-refractivity contribution in [2.24, 2.45) is 0 Å². The van der Waals surface area contributed by atoms with Crippen molar-refractivity contribution in [1.29, 1.82) is 0 Å². The Balaban J connectivity index is 1.75. The molecule has 1 aliphatic carbocycles. The van der Waals surface area contributed by atoms with E-state index < -0.39 is 28.5 Å². The number of anilines is 1. The largest absolute Gasteiger partial charge is 0.495 e. The molecule has 11 heteroatoms. The zero-order valence-corrected chi connectivity index (χ0v) is 26.7. The SMILES string of the molecule is COc1ccccc1N(CC(=O)N(Cc1ccc(Cl)c(Cl)c1)C(Cc1ccccc1)C(=O)NC1CCCCC1)S(C)(=O)=O. The monoisotopic (exact) mass is 645 g/mol. The summed E-state index contributed by atoms with van der Waals surface area (Å²) in [6.07, 6.45) is 6.21. The lowest BCUT2D eigenvalue weighted by molar-refractivity contribution is -0.140. The van der Waals surface area contributed by atoms with Gasteiger partial charge in [-0.3, -0.25) is 13.9 Å². The molecule has 4 rings (SSSR count). The number of nitrogens with one attached hydrogen (secondary N) is 1. The molecule has 3 aromatic rings. The summed E-state index contributed by atoms with van der Waals surface area (Å²) < 4.78 is 32.5. The molecule has 1 atom stereocenters. The third kappa shape index (κ3) is 8.87. The summed E-state index contributed by atoms with van der Waals surface area (Å²) in [4.78, 5) is 29.8. The topological polar surface area (TPSA) is 96.0 Å². The van der Waals surface area contributed by atoms with E-state index >= 15 is 0 Å². The lowest BCUT2D eigenvalue weighted by Crippen LogP contribution is -2.55. The third-order valence-electron chi connectivity index (χ3n) is 7.59. The summed E-state index contributed by atoms with van der Waals surface area (Å²) in [5.74, 6) is -0.540. The number of hydrogen-bond acceptors (Lipinski definition) is 5. The Morgan fingerprint density at radius 3 is 2.26 bits per heavy atom. The Morgan fingerprint density at radius 1 is 0.930 bits per heavy atom. The van der Waals surface area contributed by atoms with E-state index in [1.807, 2.05) is 30.3 Å². The second-order valence-electron chi connectivity index (χ2n) is 10.8. The van der Waals surface area contributed by atoms with Crippen LogP contribution in [0.5, 0.6) is 5.75 Å². The van der Waals surface area contributed by atoms with Gasteiger partial charge in [-0.2, -0.15) is 0 Å². The Hall–Kier alpha value is -3.27. The van der Waals surface area contributed by atoms with Crippen molar-refractivity contribution in [3.05, 3.63) is 94.0 Å². The van der Waals surface area contributed by atoms with E-state index in [-0.39, 0.29) is 30.6 Å². The van der Waals surface area contributed by atoms with Crippen LogP contribution in [-0.2, 0) is 32.6 Å². The van der Waals surface area contributed by atoms with Crippen LogP contribution in [-0.4, -0.2) is 57.1 Å². The molecule has 0 spiro atoms. The Bertz CT molecular complexity index is 1510. The molecule has 0 heterocycles. The highest BCUT2D eigenvalue weighted by Crippen LogP contribution is 2.30. The van der Waals surface area contributed by atoms with Crippen molar-refractivity contribution in [3.63, 3.8) is 0 Å². The van der Waals surface area contributed by atoms with Gasteiger partial charge in [0.1, 0.15) is 18.3 Å². The number of amides is 2. The van der Waals surface area contributed by atoms with Crippen LogP contribution in [0.15, 0.2) is 72.8 Å². The first kappa shape index (κ1) is 32.6. The molecule has 1 unspecified atom stereocenters. The zero-order chi connectivity index (χ0) is 31.0. The number of ether oxygens (including phenoxy) is 1. The fraction of sp³-hybridized carbons (Fsp3) is 0.375. The van der Waals surface area contributed by atoms with E-state index in [1.54, 1.807) is 42.5 Å². The molecule has 8 nitrogen and oxygen atoms in total. The van der Waals surface area contributed by atoms with Gasteiger partial charge < -0.3 is 15.0 Å². The Kier molecular flexibility index (Phi) is 11.3. The molecule has 230 valence electrons. The van der Waals surface area contributed by atoms with Crippen LogP contribution in [0.2, 0.25) is 10.0 Å². The summed E-state index contributed by atoms with van der Waals surface area (Å²) in [5.41, 5.74) is 1.74. The van der Waals surface area contributed by atoms with Gasteiger partial charge in [0.2, 0.25) is 21.8 Å². The third-order valence-corrected chi connectivity index (χ3v) is 9.46. The molecule has 43 heavy (non-hydrogen) atoms. The van der Waals surface area contributed by atoms with E-state index in [2.05, 4.69) is 5.32 Å². The number of benzene rings is 3. The van der Waals surface area contributed by atoms with Crippen LogP contribution in [0.3, 0.4) is 0 Å². The van der Waals surface area contributed by atoms with Crippen LogP contribution in [0, 0.1) is 0 Å². The normalized spacial score (nSPS) is 14.5. The predicted octanol–water partition coefficient (Wildman–Crippen LogP) is 5.86. The van der Waals surface area contributed by atoms with Gasteiger partial charge in [-0.15, -0.1) is 0 Å². The lowest BCUT2D eigenvalue weighted by Gasteiger charge is -2.35. The standard InChI is InChI=1S/C32H37Cl2N3O5S/c1-42-30-16-10-9-15-28(30)37(43(2,40)41)22-31(38)36(21-24-17-18-26(33)27(34)19-24)29(20-23-11-5-3-6-12-23)32(39)35-25-13-7-4-8-14-25/h3,5-6,9-12,15-19,25,29H,4,7-8,13-14,20-22H2,1-2H3,(H,35,39). The highest BCUT2D eigenvalue weighted by molar-refractivity contribution is 7.92. The molecule has 1 fully saturated rings. The molecule has 0 aliphatic heterocycles. The summed E-state index contributed by atoms with van der Waals surface area (Å²) in [6.45, 7) is -0.530. The van der Waals surface area contributed by atoms with Gasteiger partial charge in [-0.05, 0) is 48.2 Å². The van der Waals surface area contributed by atoms with Crippen molar-refractivity contribution in [1.82, 2.24) is 10.2 Å². The maximum Gasteiger partial charge on any atom is 0.244 e. The van der Waals surface area contributed by atoms with Gasteiger partial charge in [-0.1, -0.05) is 91.0 Å². The first-order valence-electron chi connectivity index (χ1n) is 14.2. The summed E-state index contributed by atoms with van der Waals surface area (Å²) in [6, 6.07) is 20.1. The predicted molar refractivity (Wildman–Crippen MR) is 171 cm³/mol. The van der Waals surface area contributed by atoms with Crippen LogP contribution in [0.4, 0.5) is 5.69 Å². The van der Waals surface area contributed by atoms with Crippen molar-refractivity contribution in [3.8, 4) is 5.75 Å². The first-order chi connectivity index (χ1) is 20.6. The van der Waals surface area contributed by atoms with Crippen LogP contribution in [0.1, 0.15) is 43.2 Å². The van der Waals surface area contributed by atoms with Crippen LogP contribution >= 0.6 is 23.2 Å². The van der Waals surface area contributed by atoms with Crippen molar-refractivity contribution in [2.45, 2.75) is 57.2 Å². The Labute approximate surface area is 264 Å². The lowest BCUT2D eigenvalue weighted by atomic mass is 9.94. The van der Waals surface area contributed by atoms with Gasteiger partial charge >= 0.3 is 0 Å². The fourth-order valence-corrected chi connectivity index (χ4v) is 6.54. The van der Waals surface area contributed by atoms with E-state index in [0.717, 1.165) is 48.2 Å². The molecule has 3 aromatic carbocycles. The zero-order valence-electron chi connectivity index (χ0n) is 24.3. The summed E-state index contributed by atoms with van der Waals surface area (Å²) in [5, 5.41) is 3.85.